The predicted molar refractivity (Wildman–Crippen MR) is 113 cm³/mol. The van der Waals surface area contributed by atoms with Crippen molar-refractivity contribution in [3.8, 4) is 17.3 Å². The Kier molecular flexibility index (Phi) is 6.23. The summed E-state index contributed by atoms with van der Waals surface area (Å²) in [6.45, 7) is 0.837. The number of rotatable bonds is 6. The predicted octanol–water partition coefficient (Wildman–Crippen LogP) is 2.66. The molecule has 0 spiro atoms. The fourth-order valence-corrected chi connectivity index (χ4v) is 3.86. The van der Waals surface area contributed by atoms with Crippen LogP contribution in [0.25, 0.3) is 11.3 Å². The second-order valence-corrected chi connectivity index (χ2v) is 7.88. The maximum absolute atomic E-state index is 13.4. The zero-order valence-electron chi connectivity index (χ0n) is 17.3. The third kappa shape index (κ3) is 4.65. The number of benzene rings is 2. The molecule has 164 valence electrons. The van der Waals surface area contributed by atoms with Gasteiger partial charge in [0.2, 0.25) is 5.91 Å². The van der Waals surface area contributed by atoms with E-state index in [4.69, 9.17) is 5.73 Å². The maximum Gasteiger partial charge on any atom is 0.240 e. The number of aromatic nitrogens is 3. The zero-order chi connectivity index (χ0) is 22.7. The second kappa shape index (κ2) is 9.24. The van der Waals surface area contributed by atoms with Crippen molar-refractivity contribution in [2.45, 2.75) is 37.9 Å². The molecule has 1 aliphatic rings. The summed E-state index contributed by atoms with van der Waals surface area (Å²) in [4.78, 5) is 14.2. The molecule has 1 aliphatic heterocycles. The van der Waals surface area contributed by atoms with Crippen LogP contribution in [0.3, 0.4) is 0 Å². The molecule has 3 aromatic rings. The van der Waals surface area contributed by atoms with Gasteiger partial charge in [-0.2, -0.15) is 5.26 Å². The summed E-state index contributed by atoms with van der Waals surface area (Å²) in [6, 6.07) is 12.3. The van der Waals surface area contributed by atoms with Gasteiger partial charge in [0.25, 0.3) is 0 Å². The highest BCUT2D eigenvalue weighted by atomic mass is 19.2. The van der Waals surface area contributed by atoms with Gasteiger partial charge in [0.1, 0.15) is 11.7 Å². The summed E-state index contributed by atoms with van der Waals surface area (Å²) < 4.78 is 28.0. The lowest BCUT2D eigenvalue weighted by molar-refractivity contribution is -0.132. The normalized spacial score (nSPS) is 16.7. The maximum atomic E-state index is 13.4. The topological polar surface area (TPSA) is 101 Å². The minimum Gasteiger partial charge on any atom is -0.325 e. The van der Waals surface area contributed by atoms with Gasteiger partial charge >= 0.3 is 0 Å². The monoisotopic (exact) mass is 436 g/mol. The van der Waals surface area contributed by atoms with Gasteiger partial charge in [-0.25, -0.2) is 13.5 Å². The van der Waals surface area contributed by atoms with Crippen molar-refractivity contribution >= 4 is 5.91 Å². The van der Waals surface area contributed by atoms with Gasteiger partial charge in [0.05, 0.1) is 24.9 Å². The Balaban J connectivity index is 1.39. The Morgan fingerprint density at radius 2 is 1.94 bits per heavy atom. The third-order valence-corrected chi connectivity index (χ3v) is 5.57. The van der Waals surface area contributed by atoms with E-state index in [0.717, 1.165) is 29.7 Å². The molecule has 7 nitrogen and oxygen atoms in total. The van der Waals surface area contributed by atoms with Crippen molar-refractivity contribution in [2.75, 3.05) is 6.54 Å². The van der Waals surface area contributed by atoms with E-state index < -0.39 is 17.7 Å². The minimum atomic E-state index is -0.900. The van der Waals surface area contributed by atoms with E-state index >= 15 is 0 Å². The lowest BCUT2D eigenvalue weighted by Gasteiger charge is -2.23. The average Bonchev–Trinajstić information content (AvgIpc) is 3.46. The van der Waals surface area contributed by atoms with E-state index in [1.165, 1.54) is 6.07 Å². The standard InChI is InChI=1S/C23H22F2N6O/c24-19-8-5-16(10-20(19)25)13-30-14-22(28-29-30)17-6-3-15(4-7-17)11-21(27)23(32)31-9-1-2-18(31)12-26/h3-8,10,14,18,21H,1-2,9,11,13,27H2/t18-,21-/m0/s1. The molecule has 0 aliphatic carbocycles. The van der Waals surface area contributed by atoms with Crippen molar-refractivity contribution in [3.05, 3.63) is 71.4 Å². The molecular formula is C23H22F2N6O. The van der Waals surface area contributed by atoms with E-state index in [1.54, 1.807) is 15.8 Å². The van der Waals surface area contributed by atoms with Crippen LogP contribution in [0.2, 0.25) is 0 Å². The molecule has 0 saturated carbocycles. The number of nitriles is 1. The van der Waals surface area contributed by atoms with Crippen molar-refractivity contribution in [3.63, 3.8) is 0 Å². The molecule has 1 saturated heterocycles. The van der Waals surface area contributed by atoms with Crippen LogP contribution >= 0.6 is 0 Å². The average molecular weight is 436 g/mol. The van der Waals surface area contributed by atoms with Gasteiger partial charge < -0.3 is 10.6 Å². The quantitative estimate of drug-likeness (QED) is 0.640. The summed E-state index contributed by atoms with van der Waals surface area (Å²) in [7, 11) is 0. The summed E-state index contributed by atoms with van der Waals surface area (Å²) >= 11 is 0. The van der Waals surface area contributed by atoms with Crippen molar-refractivity contribution in [1.82, 2.24) is 19.9 Å². The molecule has 0 unspecified atom stereocenters. The van der Waals surface area contributed by atoms with Crippen molar-refractivity contribution in [1.29, 1.82) is 5.26 Å². The molecule has 1 aromatic heterocycles. The van der Waals surface area contributed by atoms with Gasteiger partial charge in [-0.05, 0) is 42.5 Å². The minimum absolute atomic E-state index is 0.196. The molecule has 1 amide bonds. The van der Waals surface area contributed by atoms with Crippen LogP contribution in [0.1, 0.15) is 24.0 Å². The summed E-state index contributed by atoms with van der Waals surface area (Å²) in [6.07, 6.45) is 3.61. The van der Waals surface area contributed by atoms with Crippen LogP contribution < -0.4 is 5.73 Å². The van der Waals surface area contributed by atoms with E-state index in [0.29, 0.717) is 30.6 Å². The van der Waals surface area contributed by atoms with Crippen LogP contribution in [-0.2, 0) is 17.8 Å². The highest BCUT2D eigenvalue weighted by molar-refractivity contribution is 5.83. The molecule has 1 fully saturated rings. The first-order valence-corrected chi connectivity index (χ1v) is 10.3. The number of carbonyl (C=O) groups is 1. The Morgan fingerprint density at radius 3 is 2.66 bits per heavy atom. The highest BCUT2D eigenvalue weighted by Gasteiger charge is 2.31. The van der Waals surface area contributed by atoms with Gasteiger partial charge in [0, 0.05) is 12.1 Å². The van der Waals surface area contributed by atoms with Crippen LogP contribution in [0.5, 0.6) is 0 Å². The number of hydrogen-bond donors (Lipinski definition) is 1. The van der Waals surface area contributed by atoms with E-state index in [-0.39, 0.29) is 18.5 Å². The second-order valence-electron chi connectivity index (χ2n) is 7.88. The number of halogens is 2. The van der Waals surface area contributed by atoms with E-state index in [9.17, 15) is 18.8 Å². The van der Waals surface area contributed by atoms with Crippen LogP contribution in [-0.4, -0.2) is 44.4 Å². The number of carbonyl (C=O) groups excluding carboxylic acids is 1. The highest BCUT2D eigenvalue weighted by Crippen LogP contribution is 2.20. The Labute approximate surface area is 184 Å². The van der Waals surface area contributed by atoms with Gasteiger partial charge in [-0.1, -0.05) is 35.5 Å². The molecule has 0 bridgehead atoms. The lowest BCUT2D eigenvalue weighted by Crippen LogP contribution is -2.46. The Hall–Kier alpha value is -3.64. The first kappa shape index (κ1) is 21.6. The SMILES string of the molecule is N#C[C@@H]1CCCN1C(=O)[C@@H](N)Cc1ccc(-c2cn(Cc3ccc(F)c(F)c3)nn2)cc1. The van der Waals surface area contributed by atoms with Gasteiger partial charge in [-0.3, -0.25) is 4.79 Å². The van der Waals surface area contributed by atoms with Crippen LogP contribution in [0, 0.1) is 23.0 Å². The summed E-state index contributed by atoms with van der Waals surface area (Å²) in [5.41, 5.74) is 9.05. The molecule has 32 heavy (non-hydrogen) atoms. The summed E-state index contributed by atoms with van der Waals surface area (Å²) in [5.74, 6) is -1.99. The smallest absolute Gasteiger partial charge is 0.240 e. The van der Waals surface area contributed by atoms with E-state index in [1.807, 2.05) is 24.3 Å². The first-order valence-electron chi connectivity index (χ1n) is 10.3. The Morgan fingerprint density at radius 1 is 1.19 bits per heavy atom. The molecule has 2 N–H and O–H groups in total. The van der Waals surface area contributed by atoms with Crippen molar-refractivity contribution in [2.24, 2.45) is 5.73 Å². The number of amides is 1. The molecule has 2 aromatic carbocycles. The number of likely N-dealkylation sites (tertiary alicyclic amines) is 1. The number of nitrogens with two attached hydrogens (primary N) is 1. The molecule has 9 heteroatoms. The number of nitrogens with zero attached hydrogens (tertiary/aromatic N) is 5. The van der Waals surface area contributed by atoms with Crippen LogP contribution in [0.15, 0.2) is 48.7 Å². The largest absolute Gasteiger partial charge is 0.325 e. The molecule has 2 atom stereocenters. The van der Waals surface area contributed by atoms with Crippen LogP contribution in [0.4, 0.5) is 8.78 Å². The molecule has 4 rings (SSSR count). The number of hydrogen-bond acceptors (Lipinski definition) is 5. The van der Waals surface area contributed by atoms with Crippen molar-refractivity contribution < 1.29 is 13.6 Å². The Bertz CT molecular complexity index is 1150. The van der Waals surface area contributed by atoms with Gasteiger partial charge in [0.15, 0.2) is 11.6 Å². The molecule has 0 radical (unpaired) electrons. The van der Waals surface area contributed by atoms with E-state index in [2.05, 4.69) is 16.4 Å². The first-order chi connectivity index (χ1) is 15.4. The zero-order valence-corrected chi connectivity index (χ0v) is 17.3. The fourth-order valence-electron chi connectivity index (χ4n) is 3.86. The lowest BCUT2D eigenvalue weighted by atomic mass is 10.0. The van der Waals surface area contributed by atoms with Gasteiger partial charge in [-0.15, -0.1) is 5.10 Å². The summed E-state index contributed by atoms with van der Waals surface area (Å²) in [5, 5.41) is 17.4. The fraction of sp³-hybridized carbons (Fsp3) is 0.304. The molecular weight excluding hydrogens is 414 g/mol. The molecule has 2 heterocycles. The third-order valence-electron chi connectivity index (χ3n) is 5.57.